The third-order valence-electron chi connectivity index (χ3n) is 5.54. The summed E-state index contributed by atoms with van der Waals surface area (Å²) >= 11 is 0. The number of nitrogens with one attached hydrogen (secondary N) is 2. The van der Waals surface area contributed by atoms with Crippen molar-refractivity contribution in [2.75, 3.05) is 11.9 Å². The molecule has 0 fully saturated rings. The van der Waals surface area contributed by atoms with Crippen molar-refractivity contribution < 1.29 is 33.1 Å². The number of urea groups is 1. The van der Waals surface area contributed by atoms with Crippen LogP contribution in [-0.2, 0) is 16.1 Å². The fourth-order valence-corrected chi connectivity index (χ4v) is 3.54. The number of imide groups is 2. The standard InChI is InChI=1S/C25H21N3O7/c1-14-5-3-7-20(15(14)2)26-25(33)27-21(29)13-35-24(32)16-8-9-18-19(11-16)23(31)28(22(18)30)12-17-6-4-10-34-17/h3-11H,12-13H2,1-2H3,(H2,26,27,29,33). The summed E-state index contributed by atoms with van der Waals surface area (Å²) in [6.45, 7) is 2.97. The molecule has 2 heterocycles. The lowest BCUT2D eigenvalue weighted by Gasteiger charge is -2.11. The maximum absolute atomic E-state index is 12.7. The van der Waals surface area contributed by atoms with Crippen LogP contribution in [0.5, 0.6) is 0 Å². The molecule has 35 heavy (non-hydrogen) atoms. The molecule has 0 saturated heterocycles. The van der Waals surface area contributed by atoms with Gasteiger partial charge >= 0.3 is 12.0 Å². The number of benzene rings is 2. The predicted octanol–water partition coefficient (Wildman–Crippen LogP) is 3.20. The van der Waals surface area contributed by atoms with Gasteiger partial charge in [-0.2, -0.15) is 0 Å². The maximum Gasteiger partial charge on any atom is 0.338 e. The molecule has 0 aliphatic carbocycles. The van der Waals surface area contributed by atoms with E-state index in [-0.39, 0.29) is 23.2 Å². The minimum Gasteiger partial charge on any atom is -0.467 e. The summed E-state index contributed by atoms with van der Waals surface area (Å²) in [6.07, 6.45) is 1.44. The molecule has 0 unspecified atom stereocenters. The first-order valence-electron chi connectivity index (χ1n) is 10.6. The van der Waals surface area contributed by atoms with Crippen LogP contribution in [0.25, 0.3) is 0 Å². The third-order valence-corrected chi connectivity index (χ3v) is 5.54. The fourth-order valence-electron chi connectivity index (χ4n) is 3.54. The van der Waals surface area contributed by atoms with Gasteiger partial charge in [0.05, 0.1) is 29.5 Å². The summed E-state index contributed by atoms with van der Waals surface area (Å²) in [7, 11) is 0. The van der Waals surface area contributed by atoms with Gasteiger partial charge in [-0.25, -0.2) is 9.59 Å². The molecule has 4 rings (SSSR count). The van der Waals surface area contributed by atoms with Gasteiger partial charge in [0, 0.05) is 5.69 Å². The van der Waals surface area contributed by atoms with Gasteiger partial charge in [0.2, 0.25) is 0 Å². The number of fused-ring (bicyclic) bond motifs is 1. The summed E-state index contributed by atoms with van der Waals surface area (Å²) in [5.74, 6) is -2.36. The Hall–Kier alpha value is -4.73. The van der Waals surface area contributed by atoms with Crippen molar-refractivity contribution in [2.24, 2.45) is 0 Å². The number of anilines is 1. The Morgan fingerprint density at radius 1 is 0.971 bits per heavy atom. The zero-order valence-corrected chi connectivity index (χ0v) is 18.9. The van der Waals surface area contributed by atoms with Gasteiger partial charge in [0.15, 0.2) is 6.61 Å². The van der Waals surface area contributed by atoms with Crippen molar-refractivity contribution >= 4 is 35.4 Å². The molecular weight excluding hydrogens is 454 g/mol. The molecule has 0 atom stereocenters. The lowest BCUT2D eigenvalue weighted by Crippen LogP contribution is -2.37. The molecule has 1 aromatic heterocycles. The highest BCUT2D eigenvalue weighted by Gasteiger charge is 2.36. The van der Waals surface area contributed by atoms with Crippen LogP contribution in [0.4, 0.5) is 10.5 Å². The Balaban J connectivity index is 1.34. The molecular formula is C25H21N3O7. The van der Waals surface area contributed by atoms with Crippen LogP contribution in [0.1, 0.15) is 48.0 Å². The van der Waals surface area contributed by atoms with Gasteiger partial charge < -0.3 is 14.5 Å². The first-order chi connectivity index (χ1) is 16.7. The van der Waals surface area contributed by atoms with Crippen LogP contribution in [0, 0.1) is 13.8 Å². The van der Waals surface area contributed by atoms with Gasteiger partial charge in [-0.15, -0.1) is 0 Å². The molecule has 0 spiro atoms. The van der Waals surface area contributed by atoms with Crippen molar-refractivity contribution in [1.29, 1.82) is 0 Å². The van der Waals surface area contributed by atoms with E-state index in [1.165, 1.54) is 24.5 Å². The van der Waals surface area contributed by atoms with Gasteiger partial charge in [-0.3, -0.25) is 24.6 Å². The van der Waals surface area contributed by atoms with Crippen LogP contribution in [0.2, 0.25) is 0 Å². The Kier molecular flexibility index (Phi) is 6.45. The number of hydrogen-bond acceptors (Lipinski definition) is 7. The Labute approximate surface area is 199 Å². The molecule has 178 valence electrons. The van der Waals surface area contributed by atoms with Crippen molar-refractivity contribution in [3.05, 3.63) is 88.4 Å². The number of nitrogens with zero attached hydrogens (tertiary/aromatic N) is 1. The first-order valence-corrected chi connectivity index (χ1v) is 10.6. The monoisotopic (exact) mass is 475 g/mol. The number of hydrogen-bond donors (Lipinski definition) is 2. The molecule has 2 aromatic carbocycles. The minimum absolute atomic E-state index is 0.0163. The maximum atomic E-state index is 12.7. The van der Waals surface area contributed by atoms with Crippen LogP contribution in [-0.4, -0.2) is 41.2 Å². The number of carbonyl (C=O) groups excluding carboxylic acids is 5. The Morgan fingerprint density at radius 2 is 1.74 bits per heavy atom. The second kappa shape index (κ2) is 9.64. The number of furan rings is 1. The number of esters is 1. The van der Waals surface area contributed by atoms with Crippen molar-refractivity contribution in [3.8, 4) is 0 Å². The summed E-state index contributed by atoms with van der Waals surface area (Å²) < 4.78 is 10.2. The summed E-state index contributed by atoms with van der Waals surface area (Å²) in [5, 5.41) is 4.65. The van der Waals surface area contributed by atoms with Crippen LogP contribution in [0.3, 0.4) is 0 Å². The average molecular weight is 475 g/mol. The number of carbonyl (C=O) groups is 5. The molecule has 0 saturated carbocycles. The van der Waals surface area contributed by atoms with Gasteiger partial charge in [0.25, 0.3) is 17.7 Å². The van der Waals surface area contributed by atoms with Crippen molar-refractivity contribution in [1.82, 2.24) is 10.2 Å². The first kappa shape index (κ1) is 23.4. The second-order valence-corrected chi connectivity index (χ2v) is 7.86. The summed E-state index contributed by atoms with van der Waals surface area (Å²) in [4.78, 5) is 62.8. The van der Waals surface area contributed by atoms with Gasteiger partial charge in [-0.1, -0.05) is 12.1 Å². The minimum atomic E-state index is -0.886. The number of amides is 5. The molecule has 2 N–H and O–H groups in total. The van der Waals surface area contributed by atoms with E-state index in [1.807, 2.05) is 19.9 Å². The lowest BCUT2D eigenvalue weighted by molar-refractivity contribution is -0.123. The molecule has 0 radical (unpaired) electrons. The quantitative estimate of drug-likeness (QED) is 0.413. The van der Waals surface area contributed by atoms with Crippen LogP contribution < -0.4 is 10.6 Å². The SMILES string of the molecule is Cc1cccc(NC(=O)NC(=O)COC(=O)c2ccc3c(c2)C(=O)N(Cc2ccco2)C3=O)c1C. The Bertz CT molecular complexity index is 1350. The third kappa shape index (κ3) is 4.96. The van der Waals surface area contributed by atoms with E-state index in [0.717, 1.165) is 16.0 Å². The molecule has 10 heteroatoms. The summed E-state index contributed by atoms with van der Waals surface area (Å²) in [5.41, 5.74) is 2.56. The molecule has 5 amide bonds. The molecule has 1 aliphatic heterocycles. The highest BCUT2D eigenvalue weighted by molar-refractivity contribution is 6.21. The average Bonchev–Trinajstić information content (AvgIpc) is 3.43. The molecule has 1 aliphatic rings. The van der Waals surface area contributed by atoms with Gasteiger partial charge in [-0.05, 0) is 61.4 Å². The topological polar surface area (TPSA) is 135 Å². The molecule has 10 nitrogen and oxygen atoms in total. The number of ether oxygens (including phenoxy) is 1. The van der Waals surface area contributed by atoms with E-state index in [9.17, 15) is 24.0 Å². The smallest absolute Gasteiger partial charge is 0.338 e. The van der Waals surface area contributed by atoms with E-state index in [1.54, 1.807) is 24.3 Å². The zero-order valence-electron chi connectivity index (χ0n) is 18.9. The lowest BCUT2D eigenvalue weighted by atomic mass is 10.1. The molecule has 3 aromatic rings. The van der Waals surface area contributed by atoms with E-state index >= 15 is 0 Å². The predicted molar refractivity (Wildman–Crippen MR) is 123 cm³/mol. The van der Waals surface area contributed by atoms with Crippen molar-refractivity contribution in [2.45, 2.75) is 20.4 Å². The van der Waals surface area contributed by atoms with Gasteiger partial charge in [0.1, 0.15) is 5.76 Å². The van der Waals surface area contributed by atoms with Crippen molar-refractivity contribution in [3.63, 3.8) is 0 Å². The van der Waals surface area contributed by atoms with E-state index < -0.39 is 36.3 Å². The summed E-state index contributed by atoms with van der Waals surface area (Å²) in [6, 6.07) is 11.8. The number of rotatable bonds is 6. The highest BCUT2D eigenvalue weighted by Crippen LogP contribution is 2.26. The highest BCUT2D eigenvalue weighted by atomic mass is 16.5. The Morgan fingerprint density at radius 3 is 2.49 bits per heavy atom. The van der Waals surface area contributed by atoms with E-state index in [0.29, 0.717) is 11.4 Å². The largest absolute Gasteiger partial charge is 0.467 e. The van der Waals surface area contributed by atoms with Crippen LogP contribution >= 0.6 is 0 Å². The normalized spacial score (nSPS) is 12.3. The van der Waals surface area contributed by atoms with E-state index in [2.05, 4.69) is 10.6 Å². The fraction of sp³-hybridized carbons (Fsp3) is 0.160. The zero-order chi connectivity index (χ0) is 25.1. The number of aryl methyl sites for hydroxylation is 1. The van der Waals surface area contributed by atoms with Crippen LogP contribution in [0.15, 0.2) is 59.2 Å². The molecule has 0 bridgehead atoms. The van der Waals surface area contributed by atoms with E-state index in [4.69, 9.17) is 9.15 Å². The second-order valence-electron chi connectivity index (χ2n) is 7.86.